The van der Waals surface area contributed by atoms with E-state index >= 15 is 0 Å². The smallest absolute Gasteiger partial charge is 0.338 e. The third-order valence-corrected chi connectivity index (χ3v) is 4.07. The van der Waals surface area contributed by atoms with E-state index in [1.54, 1.807) is 0 Å². The van der Waals surface area contributed by atoms with Crippen molar-refractivity contribution in [3.05, 3.63) is 35.8 Å². The molecule has 0 aromatic heterocycles. The van der Waals surface area contributed by atoms with Gasteiger partial charge in [0.2, 0.25) is 0 Å². The minimum absolute atomic E-state index is 0.0342. The van der Waals surface area contributed by atoms with Crippen LogP contribution >= 0.6 is 0 Å². The molecule has 128 valence electrons. The van der Waals surface area contributed by atoms with Crippen LogP contribution < -0.4 is 0 Å². The first kappa shape index (κ1) is 17.6. The Morgan fingerprint density at radius 1 is 1.13 bits per heavy atom. The van der Waals surface area contributed by atoms with Crippen molar-refractivity contribution in [2.75, 3.05) is 0 Å². The van der Waals surface area contributed by atoms with Crippen molar-refractivity contribution in [1.29, 1.82) is 0 Å². The zero-order valence-electron chi connectivity index (χ0n) is 14.5. The topological polar surface area (TPSA) is 55.8 Å². The summed E-state index contributed by atoms with van der Waals surface area (Å²) in [7, 11) is 0. The molecular formula is C19H28O4. The van der Waals surface area contributed by atoms with Crippen LogP contribution in [0.25, 0.3) is 0 Å². The second-order valence-electron chi connectivity index (χ2n) is 7.60. The third kappa shape index (κ3) is 4.63. The first-order valence-corrected chi connectivity index (χ1v) is 8.41. The van der Waals surface area contributed by atoms with Crippen LogP contribution in [0.3, 0.4) is 0 Å². The first-order valence-electron chi connectivity index (χ1n) is 8.41. The molecule has 0 atom stereocenters. The van der Waals surface area contributed by atoms with Crippen LogP contribution in [0.1, 0.15) is 65.7 Å². The van der Waals surface area contributed by atoms with Gasteiger partial charge in [-0.3, -0.25) is 0 Å². The summed E-state index contributed by atoms with van der Waals surface area (Å²) in [6.07, 6.45) is 10.1. The van der Waals surface area contributed by atoms with E-state index in [4.69, 9.17) is 9.47 Å². The largest absolute Gasteiger partial charge is 0.478 e. The standard InChI is InChI=1S/C19H28O4/c1-14(17(20)21)19(13-18(2,3)4,22-15-9-5-6-10-15)23-16-11-7-8-12-16/h9,11H,1,5-8,10,12-13H2,2-4H3,(H,20,21). The molecule has 0 spiro atoms. The Kier molecular flexibility index (Phi) is 5.23. The number of hydrogen-bond acceptors (Lipinski definition) is 3. The van der Waals surface area contributed by atoms with Crippen LogP contribution in [0.15, 0.2) is 35.8 Å². The van der Waals surface area contributed by atoms with Gasteiger partial charge in [0.15, 0.2) is 0 Å². The number of aliphatic carboxylic acids is 1. The molecule has 0 radical (unpaired) electrons. The summed E-state index contributed by atoms with van der Waals surface area (Å²) in [5, 5.41) is 9.56. The maximum atomic E-state index is 11.7. The number of carbonyl (C=O) groups is 1. The third-order valence-electron chi connectivity index (χ3n) is 4.07. The molecule has 0 saturated carbocycles. The average molecular weight is 320 g/mol. The van der Waals surface area contributed by atoms with E-state index in [2.05, 4.69) is 27.4 Å². The van der Waals surface area contributed by atoms with Gasteiger partial charge in [0.05, 0.1) is 11.5 Å². The van der Waals surface area contributed by atoms with Gasteiger partial charge in [-0.2, -0.15) is 0 Å². The van der Waals surface area contributed by atoms with Gasteiger partial charge in [0, 0.05) is 19.3 Å². The maximum absolute atomic E-state index is 11.7. The lowest BCUT2D eigenvalue weighted by atomic mass is 9.84. The van der Waals surface area contributed by atoms with Crippen molar-refractivity contribution in [2.24, 2.45) is 5.41 Å². The number of hydrogen-bond donors (Lipinski definition) is 1. The Morgan fingerprint density at radius 2 is 1.61 bits per heavy atom. The summed E-state index contributed by atoms with van der Waals surface area (Å²) in [6, 6.07) is 0. The minimum atomic E-state index is -1.34. The van der Waals surface area contributed by atoms with Crippen LogP contribution in [0.2, 0.25) is 0 Å². The van der Waals surface area contributed by atoms with Crippen molar-refractivity contribution in [3.63, 3.8) is 0 Å². The highest BCUT2D eigenvalue weighted by molar-refractivity contribution is 5.87. The Hall–Kier alpha value is -1.71. The molecule has 2 rings (SSSR count). The lowest BCUT2D eigenvalue weighted by molar-refractivity contribution is -0.189. The van der Waals surface area contributed by atoms with Crippen molar-refractivity contribution in [2.45, 2.75) is 71.5 Å². The van der Waals surface area contributed by atoms with E-state index in [1.165, 1.54) is 0 Å². The lowest BCUT2D eigenvalue weighted by Gasteiger charge is -2.39. The molecule has 0 unspecified atom stereocenters. The molecule has 2 aliphatic carbocycles. The quantitative estimate of drug-likeness (QED) is 0.534. The van der Waals surface area contributed by atoms with E-state index in [9.17, 15) is 9.90 Å². The molecule has 0 fully saturated rings. The van der Waals surface area contributed by atoms with Gasteiger partial charge in [-0.1, -0.05) is 27.4 Å². The first-order chi connectivity index (χ1) is 10.7. The maximum Gasteiger partial charge on any atom is 0.338 e. The fourth-order valence-corrected chi connectivity index (χ4v) is 3.08. The molecule has 2 aliphatic rings. The van der Waals surface area contributed by atoms with Crippen LogP contribution in [0, 0.1) is 5.41 Å². The van der Waals surface area contributed by atoms with Crippen LogP contribution in [0.5, 0.6) is 0 Å². The number of rotatable bonds is 7. The van der Waals surface area contributed by atoms with Crippen LogP contribution in [0.4, 0.5) is 0 Å². The summed E-state index contributed by atoms with van der Waals surface area (Å²) in [4.78, 5) is 11.7. The number of carboxylic acid groups (broad SMARTS) is 1. The minimum Gasteiger partial charge on any atom is -0.478 e. The van der Waals surface area contributed by atoms with Crippen molar-refractivity contribution >= 4 is 5.97 Å². The van der Waals surface area contributed by atoms with Crippen LogP contribution in [-0.4, -0.2) is 16.9 Å². The predicted molar refractivity (Wildman–Crippen MR) is 89.6 cm³/mol. The Balaban J connectivity index is 2.37. The van der Waals surface area contributed by atoms with Crippen LogP contribution in [-0.2, 0) is 14.3 Å². The lowest BCUT2D eigenvalue weighted by Crippen LogP contribution is -2.43. The molecule has 4 nitrogen and oxygen atoms in total. The number of ether oxygens (including phenoxy) is 2. The fourth-order valence-electron chi connectivity index (χ4n) is 3.08. The molecule has 0 saturated heterocycles. The zero-order valence-corrected chi connectivity index (χ0v) is 14.5. The summed E-state index contributed by atoms with van der Waals surface area (Å²) in [5.41, 5.74) is -0.204. The van der Waals surface area contributed by atoms with Gasteiger partial charge < -0.3 is 14.6 Å². The fraction of sp³-hybridized carbons (Fsp3) is 0.632. The second kappa shape index (κ2) is 6.81. The number of allylic oxidation sites excluding steroid dienone is 4. The molecule has 0 amide bonds. The van der Waals surface area contributed by atoms with Crippen molar-refractivity contribution in [1.82, 2.24) is 0 Å². The second-order valence-corrected chi connectivity index (χ2v) is 7.60. The van der Waals surface area contributed by atoms with E-state index < -0.39 is 11.8 Å². The normalized spacial score (nSPS) is 18.4. The summed E-state index contributed by atoms with van der Waals surface area (Å²) >= 11 is 0. The van der Waals surface area contributed by atoms with Gasteiger partial charge in [0.1, 0.15) is 5.57 Å². The van der Waals surface area contributed by atoms with E-state index in [-0.39, 0.29) is 11.0 Å². The molecule has 23 heavy (non-hydrogen) atoms. The highest BCUT2D eigenvalue weighted by atomic mass is 16.7. The van der Waals surface area contributed by atoms with Gasteiger partial charge in [-0.25, -0.2) is 4.79 Å². The highest BCUT2D eigenvalue weighted by Gasteiger charge is 2.46. The summed E-state index contributed by atoms with van der Waals surface area (Å²) in [5.74, 6) is -0.784. The highest BCUT2D eigenvalue weighted by Crippen LogP contribution is 2.42. The predicted octanol–water partition coefficient (Wildman–Crippen LogP) is 4.93. The van der Waals surface area contributed by atoms with Crippen molar-refractivity contribution in [3.8, 4) is 0 Å². The molecule has 1 N–H and O–H groups in total. The molecule has 0 heterocycles. The molecular weight excluding hydrogens is 292 g/mol. The van der Waals surface area contributed by atoms with Gasteiger partial charge >= 0.3 is 5.97 Å². The molecule has 4 heteroatoms. The molecule has 0 aromatic carbocycles. The molecule has 0 aromatic rings. The summed E-state index contributed by atoms with van der Waals surface area (Å²) in [6.45, 7) is 9.94. The van der Waals surface area contributed by atoms with Gasteiger partial charge in [-0.05, 0) is 43.3 Å². The van der Waals surface area contributed by atoms with Crippen molar-refractivity contribution < 1.29 is 19.4 Å². The van der Waals surface area contributed by atoms with E-state index in [1.807, 2.05) is 12.2 Å². The Morgan fingerprint density at radius 3 is 1.91 bits per heavy atom. The van der Waals surface area contributed by atoms with E-state index in [0.717, 1.165) is 50.0 Å². The van der Waals surface area contributed by atoms with Gasteiger partial charge in [-0.15, -0.1) is 0 Å². The number of carboxylic acids is 1. The van der Waals surface area contributed by atoms with E-state index in [0.29, 0.717) is 6.42 Å². The summed E-state index contributed by atoms with van der Waals surface area (Å²) < 4.78 is 12.4. The molecule has 0 aliphatic heterocycles. The molecule has 0 bridgehead atoms. The monoisotopic (exact) mass is 320 g/mol. The SMILES string of the molecule is C=C(C(=O)O)C(CC(C)(C)C)(OC1=CCCC1)OC1=CCCC1. The Labute approximate surface area is 138 Å². The Bertz CT molecular complexity index is 508. The average Bonchev–Trinajstić information content (AvgIpc) is 3.09. The zero-order chi connectivity index (χ0) is 17.1. The van der Waals surface area contributed by atoms with Gasteiger partial charge in [0.25, 0.3) is 5.79 Å².